The summed E-state index contributed by atoms with van der Waals surface area (Å²) in [5.74, 6) is 0.718. The van der Waals surface area contributed by atoms with E-state index in [0.29, 0.717) is 11.4 Å². The average molecular weight is 367 g/mol. The first-order chi connectivity index (χ1) is 12.7. The van der Waals surface area contributed by atoms with Crippen LogP contribution < -0.4 is 10.1 Å². The third kappa shape index (κ3) is 4.67. The van der Waals surface area contributed by atoms with Crippen LogP contribution in [0.25, 0.3) is 0 Å². The number of hydrogen-bond acceptors (Lipinski definition) is 5. The molecule has 1 amide bonds. The van der Waals surface area contributed by atoms with Gasteiger partial charge in [-0.15, -0.1) is 11.3 Å². The van der Waals surface area contributed by atoms with E-state index >= 15 is 0 Å². The van der Waals surface area contributed by atoms with Gasteiger partial charge in [-0.25, -0.2) is 4.98 Å². The minimum atomic E-state index is -0.0834. The summed E-state index contributed by atoms with van der Waals surface area (Å²) in [6.07, 6.45) is 3.40. The number of pyridine rings is 1. The van der Waals surface area contributed by atoms with E-state index in [9.17, 15) is 4.79 Å². The monoisotopic (exact) mass is 367 g/mol. The molecule has 26 heavy (non-hydrogen) atoms. The molecule has 0 spiro atoms. The Bertz CT molecular complexity index is 861. The Hall–Kier alpha value is -2.73. The van der Waals surface area contributed by atoms with Crippen LogP contribution >= 0.6 is 11.3 Å². The van der Waals surface area contributed by atoms with Crippen LogP contribution in [-0.4, -0.2) is 23.0 Å². The SMILES string of the molecule is COc1ccc(CNC(=O)c2sc(CCc3ccccn3)nc2C)cc1. The third-order valence-corrected chi connectivity index (χ3v) is 5.20. The molecular formula is C20H21N3O2S. The molecule has 3 aromatic rings. The topological polar surface area (TPSA) is 64.1 Å². The molecule has 6 heteroatoms. The molecule has 0 bridgehead atoms. The molecule has 0 radical (unpaired) electrons. The zero-order valence-electron chi connectivity index (χ0n) is 14.9. The largest absolute Gasteiger partial charge is 0.497 e. The minimum Gasteiger partial charge on any atom is -0.497 e. The van der Waals surface area contributed by atoms with Gasteiger partial charge in [-0.05, 0) is 43.2 Å². The smallest absolute Gasteiger partial charge is 0.263 e. The van der Waals surface area contributed by atoms with Gasteiger partial charge in [0, 0.05) is 24.9 Å². The van der Waals surface area contributed by atoms with E-state index in [-0.39, 0.29) is 5.91 Å². The maximum atomic E-state index is 12.5. The highest BCUT2D eigenvalue weighted by atomic mass is 32.1. The number of rotatable bonds is 7. The molecule has 134 valence electrons. The number of nitrogens with one attached hydrogen (secondary N) is 1. The van der Waals surface area contributed by atoms with Crippen molar-refractivity contribution in [1.29, 1.82) is 0 Å². The lowest BCUT2D eigenvalue weighted by molar-refractivity contribution is 0.0954. The molecule has 2 heterocycles. The van der Waals surface area contributed by atoms with Gasteiger partial charge in [0.05, 0.1) is 17.8 Å². The second kappa shape index (κ2) is 8.58. The molecule has 1 N–H and O–H groups in total. The summed E-state index contributed by atoms with van der Waals surface area (Å²) in [6, 6.07) is 13.5. The van der Waals surface area contributed by atoms with Gasteiger partial charge in [-0.2, -0.15) is 0 Å². The van der Waals surface area contributed by atoms with E-state index in [4.69, 9.17) is 4.74 Å². The van der Waals surface area contributed by atoms with Gasteiger partial charge in [0.1, 0.15) is 10.6 Å². The molecule has 0 aliphatic rings. The number of hydrogen-bond donors (Lipinski definition) is 1. The lowest BCUT2D eigenvalue weighted by Crippen LogP contribution is -2.22. The standard InChI is InChI=1S/C20H21N3O2S/c1-14-19(20(24)22-13-15-6-9-17(25-2)10-7-15)26-18(23-14)11-8-16-5-3-4-12-21-16/h3-7,9-10,12H,8,11,13H2,1-2H3,(H,22,24). The quantitative estimate of drug-likeness (QED) is 0.693. The highest BCUT2D eigenvalue weighted by Crippen LogP contribution is 2.20. The maximum Gasteiger partial charge on any atom is 0.263 e. The Labute approximate surface area is 157 Å². The van der Waals surface area contributed by atoms with E-state index in [0.717, 1.165) is 40.6 Å². The number of nitrogens with zero attached hydrogens (tertiary/aromatic N) is 2. The van der Waals surface area contributed by atoms with Crippen LogP contribution in [0.4, 0.5) is 0 Å². The Kier molecular flexibility index (Phi) is 5.96. The van der Waals surface area contributed by atoms with Gasteiger partial charge in [-0.1, -0.05) is 18.2 Å². The van der Waals surface area contributed by atoms with Gasteiger partial charge in [0.25, 0.3) is 5.91 Å². The van der Waals surface area contributed by atoms with Gasteiger partial charge >= 0.3 is 0 Å². The van der Waals surface area contributed by atoms with Crippen LogP contribution in [0.15, 0.2) is 48.7 Å². The fraction of sp³-hybridized carbons (Fsp3) is 0.250. The summed E-state index contributed by atoms with van der Waals surface area (Å²) in [5, 5.41) is 3.92. The second-order valence-corrected chi connectivity index (χ2v) is 6.96. The van der Waals surface area contributed by atoms with Crippen LogP contribution in [-0.2, 0) is 19.4 Å². The van der Waals surface area contributed by atoms with E-state index in [1.54, 1.807) is 13.3 Å². The lowest BCUT2D eigenvalue weighted by atomic mass is 10.2. The predicted molar refractivity (Wildman–Crippen MR) is 103 cm³/mol. The second-order valence-electron chi connectivity index (χ2n) is 5.87. The molecule has 0 aliphatic carbocycles. The Morgan fingerprint density at radius 1 is 1.15 bits per heavy atom. The number of benzene rings is 1. The highest BCUT2D eigenvalue weighted by molar-refractivity contribution is 7.13. The van der Waals surface area contributed by atoms with Crippen molar-refractivity contribution >= 4 is 17.2 Å². The van der Waals surface area contributed by atoms with Crippen molar-refractivity contribution in [2.24, 2.45) is 0 Å². The lowest BCUT2D eigenvalue weighted by Gasteiger charge is -2.05. The summed E-state index contributed by atoms with van der Waals surface area (Å²) in [5.41, 5.74) is 2.83. The van der Waals surface area contributed by atoms with E-state index in [1.165, 1.54) is 11.3 Å². The van der Waals surface area contributed by atoms with Gasteiger partial charge in [-0.3, -0.25) is 9.78 Å². The first-order valence-electron chi connectivity index (χ1n) is 8.43. The summed E-state index contributed by atoms with van der Waals surface area (Å²) in [7, 11) is 1.63. The number of carbonyl (C=O) groups excluding carboxylic acids is 1. The number of ether oxygens (including phenoxy) is 1. The first-order valence-corrected chi connectivity index (χ1v) is 9.24. The maximum absolute atomic E-state index is 12.5. The molecular weight excluding hydrogens is 346 g/mol. The fourth-order valence-corrected chi connectivity index (χ4v) is 3.54. The van der Waals surface area contributed by atoms with Crippen LogP contribution in [0.3, 0.4) is 0 Å². The van der Waals surface area contributed by atoms with Gasteiger partial charge in [0.15, 0.2) is 0 Å². The fourth-order valence-electron chi connectivity index (χ4n) is 2.56. The van der Waals surface area contributed by atoms with Crippen molar-refractivity contribution in [2.45, 2.75) is 26.3 Å². The minimum absolute atomic E-state index is 0.0834. The van der Waals surface area contributed by atoms with Crippen molar-refractivity contribution in [3.8, 4) is 5.75 Å². The molecule has 1 aromatic carbocycles. The van der Waals surface area contributed by atoms with Gasteiger partial charge in [0.2, 0.25) is 0 Å². The molecule has 0 aliphatic heterocycles. The number of carbonyl (C=O) groups is 1. The zero-order chi connectivity index (χ0) is 18.4. The van der Waals surface area contributed by atoms with Crippen molar-refractivity contribution < 1.29 is 9.53 Å². The highest BCUT2D eigenvalue weighted by Gasteiger charge is 2.15. The summed E-state index contributed by atoms with van der Waals surface area (Å²) >= 11 is 1.46. The van der Waals surface area contributed by atoms with Crippen molar-refractivity contribution in [1.82, 2.24) is 15.3 Å². The summed E-state index contributed by atoms with van der Waals surface area (Å²) in [6.45, 7) is 2.35. The molecule has 0 fully saturated rings. The Balaban J connectivity index is 1.57. The van der Waals surface area contributed by atoms with Crippen LogP contribution in [0.1, 0.15) is 31.6 Å². The molecule has 2 aromatic heterocycles. The molecule has 0 saturated carbocycles. The average Bonchev–Trinajstić information content (AvgIpc) is 3.06. The normalized spacial score (nSPS) is 10.5. The van der Waals surface area contributed by atoms with Crippen LogP contribution in [0.2, 0.25) is 0 Å². The number of amides is 1. The Morgan fingerprint density at radius 3 is 2.65 bits per heavy atom. The van der Waals surface area contributed by atoms with Crippen molar-refractivity contribution in [3.05, 3.63) is 75.5 Å². The number of aryl methyl sites for hydroxylation is 3. The predicted octanol–water partition coefficient (Wildman–Crippen LogP) is 3.57. The van der Waals surface area contributed by atoms with Gasteiger partial charge < -0.3 is 10.1 Å². The van der Waals surface area contributed by atoms with E-state index in [1.807, 2.05) is 49.4 Å². The zero-order valence-corrected chi connectivity index (χ0v) is 15.7. The van der Waals surface area contributed by atoms with Crippen LogP contribution in [0.5, 0.6) is 5.75 Å². The number of methoxy groups -OCH3 is 1. The molecule has 0 atom stereocenters. The number of thiazole rings is 1. The summed E-state index contributed by atoms with van der Waals surface area (Å²) in [4.78, 5) is 22.0. The molecule has 0 unspecified atom stereocenters. The molecule has 5 nitrogen and oxygen atoms in total. The van der Waals surface area contributed by atoms with Crippen molar-refractivity contribution in [2.75, 3.05) is 7.11 Å². The number of aromatic nitrogens is 2. The van der Waals surface area contributed by atoms with Crippen LogP contribution in [0, 0.1) is 6.92 Å². The third-order valence-electron chi connectivity index (χ3n) is 3.98. The van der Waals surface area contributed by atoms with Crippen molar-refractivity contribution in [3.63, 3.8) is 0 Å². The summed E-state index contributed by atoms with van der Waals surface area (Å²) < 4.78 is 5.14. The molecule has 3 rings (SSSR count). The first kappa shape index (κ1) is 18.1. The Morgan fingerprint density at radius 2 is 1.96 bits per heavy atom. The molecule has 0 saturated heterocycles. The van der Waals surface area contributed by atoms with E-state index < -0.39 is 0 Å². The van der Waals surface area contributed by atoms with E-state index in [2.05, 4.69) is 15.3 Å².